The lowest BCUT2D eigenvalue weighted by atomic mass is 10.0. The van der Waals surface area contributed by atoms with Crippen molar-refractivity contribution in [3.05, 3.63) is 75.7 Å². The van der Waals surface area contributed by atoms with Crippen LogP contribution in [0.3, 0.4) is 0 Å². The molecule has 0 aromatic heterocycles. The highest BCUT2D eigenvalue weighted by Gasteiger charge is 2.34. The average Bonchev–Trinajstić information content (AvgIpc) is 3.37. The second kappa shape index (κ2) is 9.96. The summed E-state index contributed by atoms with van der Waals surface area (Å²) >= 11 is 0.897. The molecule has 0 radical (unpaired) electrons. The van der Waals surface area contributed by atoms with Gasteiger partial charge < -0.3 is 5.32 Å². The lowest BCUT2D eigenvalue weighted by molar-refractivity contribution is -0.124. The van der Waals surface area contributed by atoms with E-state index in [-0.39, 0.29) is 48.8 Å². The molecule has 2 aromatic carbocycles. The number of amides is 3. The van der Waals surface area contributed by atoms with Crippen LogP contribution in [0.5, 0.6) is 0 Å². The highest BCUT2D eigenvalue weighted by molar-refractivity contribution is 8.18. The van der Waals surface area contributed by atoms with Gasteiger partial charge in [0.1, 0.15) is 0 Å². The molecule has 0 unspecified atom stereocenters. The monoisotopic (exact) mass is 448 g/mol. The van der Waals surface area contributed by atoms with Gasteiger partial charge in [-0.2, -0.15) is 0 Å². The Balaban J connectivity index is 1.22. The van der Waals surface area contributed by atoms with Crippen LogP contribution in [0.4, 0.5) is 4.79 Å². The van der Waals surface area contributed by atoms with Crippen LogP contribution in [0.1, 0.15) is 46.3 Å². The van der Waals surface area contributed by atoms with E-state index in [4.69, 9.17) is 0 Å². The summed E-state index contributed by atoms with van der Waals surface area (Å²) in [6, 6.07) is 15.1. The van der Waals surface area contributed by atoms with Gasteiger partial charge in [-0.15, -0.1) is 0 Å². The van der Waals surface area contributed by atoms with Gasteiger partial charge in [0.05, 0.1) is 4.91 Å². The SMILES string of the molecule is O=C(CCC(=O)c1ccc2c(c1)CCC2)NCCN1C(=O)S/C(=C/c2ccccc2)C1=O. The molecule has 7 heteroatoms. The van der Waals surface area contributed by atoms with Crippen LogP contribution in [-0.4, -0.2) is 40.8 Å². The van der Waals surface area contributed by atoms with E-state index in [0.717, 1.165) is 41.5 Å². The molecule has 0 spiro atoms. The number of aryl methyl sites for hydroxylation is 2. The molecule has 0 bridgehead atoms. The molecular weight excluding hydrogens is 424 g/mol. The van der Waals surface area contributed by atoms with Crippen molar-refractivity contribution in [1.82, 2.24) is 10.2 Å². The Morgan fingerprint density at radius 1 is 1.00 bits per heavy atom. The lowest BCUT2D eigenvalue weighted by Crippen LogP contribution is -2.37. The molecular formula is C25H24N2O4S. The first-order valence-electron chi connectivity index (χ1n) is 10.7. The molecule has 6 nitrogen and oxygen atoms in total. The smallest absolute Gasteiger partial charge is 0.293 e. The van der Waals surface area contributed by atoms with Crippen molar-refractivity contribution in [2.24, 2.45) is 0 Å². The molecule has 3 amide bonds. The van der Waals surface area contributed by atoms with Crippen LogP contribution < -0.4 is 5.32 Å². The number of fused-ring (bicyclic) bond motifs is 1. The third kappa shape index (κ3) is 5.16. The fourth-order valence-corrected chi connectivity index (χ4v) is 4.77. The lowest BCUT2D eigenvalue weighted by Gasteiger charge is -2.13. The van der Waals surface area contributed by atoms with Gasteiger partial charge in [-0.3, -0.25) is 24.1 Å². The molecule has 1 N–H and O–H groups in total. The van der Waals surface area contributed by atoms with Crippen LogP contribution in [0.2, 0.25) is 0 Å². The van der Waals surface area contributed by atoms with Gasteiger partial charge >= 0.3 is 0 Å². The standard InChI is InChI=1S/C25H24N2O4S/c28-21(20-10-9-18-7-4-8-19(18)16-20)11-12-23(29)26-13-14-27-24(30)22(32-25(27)31)15-17-5-2-1-3-6-17/h1-3,5-6,9-10,15-16H,4,7-8,11-14H2,(H,26,29)/b22-15+. The van der Waals surface area contributed by atoms with E-state index in [0.29, 0.717) is 10.5 Å². The molecule has 1 aliphatic heterocycles. The molecule has 1 saturated heterocycles. The Bertz CT molecular complexity index is 1090. The number of benzene rings is 2. The quantitative estimate of drug-likeness (QED) is 0.488. The molecule has 4 rings (SSSR count). The van der Waals surface area contributed by atoms with Crippen molar-refractivity contribution in [3.8, 4) is 0 Å². The van der Waals surface area contributed by atoms with Crippen molar-refractivity contribution < 1.29 is 19.2 Å². The predicted octanol–water partition coefficient (Wildman–Crippen LogP) is 3.99. The number of imide groups is 1. The van der Waals surface area contributed by atoms with E-state index in [9.17, 15) is 19.2 Å². The summed E-state index contributed by atoms with van der Waals surface area (Å²) in [7, 11) is 0. The van der Waals surface area contributed by atoms with Crippen LogP contribution >= 0.6 is 11.8 Å². The van der Waals surface area contributed by atoms with E-state index in [1.165, 1.54) is 11.1 Å². The van der Waals surface area contributed by atoms with Gasteiger partial charge in [-0.05, 0) is 59.9 Å². The fourth-order valence-electron chi connectivity index (χ4n) is 3.91. The fraction of sp³-hybridized carbons (Fsp3) is 0.280. The number of carbonyl (C=O) groups excluding carboxylic acids is 4. The third-order valence-corrected chi connectivity index (χ3v) is 6.54. The summed E-state index contributed by atoms with van der Waals surface area (Å²) in [5, 5.41) is 2.35. The second-order valence-electron chi connectivity index (χ2n) is 7.85. The Kier molecular flexibility index (Phi) is 6.85. The minimum atomic E-state index is -0.357. The Morgan fingerprint density at radius 3 is 2.59 bits per heavy atom. The largest absolute Gasteiger partial charge is 0.354 e. The van der Waals surface area contributed by atoms with E-state index < -0.39 is 0 Å². The molecule has 1 heterocycles. The number of rotatable bonds is 8. The second-order valence-corrected chi connectivity index (χ2v) is 8.85. The van der Waals surface area contributed by atoms with E-state index in [1.54, 1.807) is 6.08 Å². The minimum Gasteiger partial charge on any atom is -0.354 e. The predicted molar refractivity (Wildman–Crippen MR) is 124 cm³/mol. The Hall–Kier alpha value is -3.19. The maximum Gasteiger partial charge on any atom is 0.293 e. The van der Waals surface area contributed by atoms with Gasteiger partial charge in [-0.25, -0.2) is 0 Å². The summed E-state index contributed by atoms with van der Waals surface area (Å²) in [5.74, 6) is -0.678. The van der Waals surface area contributed by atoms with E-state index in [1.807, 2.05) is 48.5 Å². The number of Topliss-reactive ketones (excluding diaryl/α,β-unsaturated/α-hetero) is 1. The summed E-state index contributed by atoms with van der Waals surface area (Å²) in [5.41, 5.74) is 4.05. The molecule has 0 saturated carbocycles. The Morgan fingerprint density at radius 2 is 1.78 bits per heavy atom. The zero-order chi connectivity index (χ0) is 22.5. The van der Waals surface area contributed by atoms with E-state index >= 15 is 0 Å². The van der Waals surface area contributed by atoms with Crippen LogP contribution in [-0.2, 0) is 22.4 Å². The Labute approximate surface area is 191 Å². The molecule has 0 atom stereocenters. The van der Waals surface area contributed by atoms with Crippen LogP contribution in [0, 0.1) is 0 Å². The van der Waals surface area contributed by atoms with Crippen molar-refractivity contribution in [3.63, 3.8) is 0 Å². The molecule has 2 aliphatic rings. The summed E-state index contributed by atoms with van der Waals surface area (Å²) < 4.78 is 0. The molecule has 32 heavy (non-hydrogen) atoms. The molecule has 1 fully saturated rings. The summed E-state index contributed by atoms with van der Waals surface area (Å²) in [6.45, 7) is 0.254. The van der Waals surface area contributed by atoms with Gasteiger partial charge in [0.2, 0.25) is 5.91 Å². The summed E-state index contributed by atoms with van der Waals surface area (Å²) in [6.07, 6.45) is 5.09. The molecule has 1 aliphatic carbocycles. The van der Waals surface area contributed by atoms with Gasteiger partial charge in [0.25, 0.3) is 11.1 Å². The zero-order valence-electron chi connectivity index (χ0n) is 17.6. The first-order chi connectivity index (χ1) is 15.5. The van der Waals surface area contributed by atoms with Gasteiger partial charge in [0.15, 0.2) is 5.78 Å². The minimum absolute atomic E-state index is 0.0492. The van der Waals surface area contributed by atoms with Crippen molar-refractivity contribution in [2.75, 3.05) is 13.1 Å². The molecule has 164 valence electrons. The maximum absolute atomic E-state index is 12.5. The number of hydrogen-bond acceptors (Lipinski definition) is 5. The number of nitrogens with zero attached hydrogens (tertiary/aromatic N) is 1. The first-order valence-corrected chi connectivity index (χ1v) is 11.5. The number of thioether (sulfide) groups is 1. The highest BCUT2D eigenvalue weighted by Crippen LogP contribution is 2.31. The van der Waals surface area contributed by atoms with Crippen LogP contribution in [0.15, 0.2) is 53.4 Å². The van der Waals surface area contributed by atoms with E-state index in [2.05, 4.69) is 5.32 Å². The van der Waals surface area contributed by atoms with Crippen molar-refractivity contribution >= 4 is 40.7 Å². The first kappa shape index (κ1) is 22.0. The number of carbonyl (C=O) groups is 4. The number of hydrogen-bond donors (Lipinski definition) is 1. The zero-order valence-corrected chi connectivity index (χ0v) is 18.5. The number of ketones is 1. The van der Waals surface area contributed by atoms with Crippen molar-refractivity contribution in [1.29, 1.82) is 0 Å². The summed E-state index contributed by atoms with van der Waals surface area (Å²) in [4.78, 5) is 50.8. The number of nitrogens with one attached hydrogen (secondary N) is 1. The van der Waals surface area contributed by atoms with Crippen molar-refractivity contribution in [2.45, 2.75) is 32.1 Å². The maximum atomic E-state index is 12.5. The third-order valence-electron chi connectivity index (χ3n) is 5.63. The van der Waals surface area contributed by atoms with Crippen LogP contribution in [0.25, 0.3) is 6.08 Å². The normalized spacial score (nSPS) is 16.5. The highest BCUT2D eigenvalue weighted by atomic mass is 32.2. The average molecular weight is 449 g/mol. The topological polar surface area (TPSA) is 83.6 Å². The molecule has 2 aromatic rings. The van der Waals surface area contributed by atoms with Gasteiger partial charge in [0, 0.05) is 31.5 Å². The van der Waals surface area contributed by atoms with Gasteiger partial charge in [-0.1, -0.05) is 42.5 Å².